The summed E-state index contributed by atoms with van der Waals surface area (Å²) in [5, 5.41) is 5.61. The molecule has 0 saturated carbocycles. The van der Waals surface area contributed by atoms with Gasteiger partial charge >= 0.3 is 0 Å². The highest BCUT2D eigenvalue weighted by molar-refractivity contribution is 4.66. The number of nitrogens with two attached hydrogens (primary N) is 2. The van der Waals surface area contributed by atoms with Gasteiger partial charge in [0.05, 0.1) is 12.3 Å². The van der Waals surface area contributed by atoms with Gasteiger partial charge in [-0.1, -0.05) is 0 Å². The molecule has 0 aliphatic rings. The van der Waals surface area contributed by atoms with E-state index in [1.165, 1.54) is 0 Å². The van der Waals surface area contributed by atoms with Crippen molar-refractivity contribution in [3.63, 3.8) is 0 Å². The minimum absolute atomic E-state index is 0.167. The molecule has 2 unspecified atom stereocenters. The predicted octanol–water partition coefficient (Wildman–Crippen LogP) is -2.01. The van der Waals surface area contributed by atoms with Crippen LogP contribution in [0.2, 0.25) is 0 Å². The number of nitrogens with one attached hydrogen (secondary N) is 2. The van der Waals surface area contributed by atoms with Gasteiger partial charge in [0.25, 0.3) is 0 Å². The molecule has 0 aliphatic heterocycles. The number of hydrogen-bond acceptors (Lipinski definition) is 4. The second-order valence-corrected chi connectivity index (χ2v) is 1.63. The molecule has 8 heavy (non-hydrogen) atoms. The highest BCUT2D eigenvalue weighted by Gasteiger charge is 2.05. The van der Waals surface area contributed by atoms with E-state index in [1.54, 1.807) is 14.1 Å². The number of rotatable bonds is 3. The fourth-order valence-corrected chi connectivity index (χ4v) is 0.359. The summed E-state index contributed by atoms with van der Waals surface area (Å²) in [6.45, 7) is 0. The van der Waals surface area contributed by atoms with Crippen LogP contribution in [0.5, 0.6) is 0 Å². The number of hydrogen-bond donors (Lipinski definition) is 4. The molecule has 0 aromatic heterocycles. The standard InChI is InChI=1S/C4H14N4/c1-7-3(5)4(6)8-2/h3-4,7-8H,5-6H2,1-2H3. The molecule has 4 nitrogen and oxygen atoms in total. The Kier molecular flexibility index (Phi) is 3.72. The summed E-state index contributed by atoms with van der Waals surface area (Å²) >= 11 is 0. The van der Waals surface area contributed by atoms with E-state index in [0.29, 0.717) is 0 Å². The molecule has 6 N–H and O–H groups in total. The second kappa shape index (κ2) is 3.80. The van der Waals surface area contributed by atoms with Crippen LogP contribution in [0.25, 0.3) is 0 Å². The molecule has 0 saturated heterocycles. The molecule has 0 amide bonds. The van der Waals surface area contributed by atoms with Crippen molar-refractivity contribution in [3.05, 3.63) is 0 Å². The van der Waals surface area contributed by atoms with Crippen LogP contribution in [-0.2, 0) is 0 Å². The van der Waals surface area contributed by atoms with Crippen molar-refractivity contribution in [1.29, 1.82) is 0 Å². The molecule has 4 heteroatoms. The lowest BCUT2D eigenvalue weighted by Gasteiger charge is -2.17. The van der Waals surface area contributed by atoms with E-state index in [9.17, 15) is 0 Å². The van der Waals surface area contributed by atoms with Crippen molar-refractivity contribution in [2.24, 2.45) is 11.5 Å². The Labute approximate surface area is 49.6 Å². The lowest BCUT2D eigenvalue weighted by molar-refractivity contribution is 0.428. The molecule has 0 heterocycles. The van der Waals surface area contributed by atoms with E-state index in [1.807, 2.05) is 0 Å². The quantitative estimate of drug-likeness (QED) is 0.323. The monoisotopic (exact) mass is 118 g/mol. The fourth-order valence-electron chi connectivity index (χ4n) is 0.359. The van der Waals surface area contributed by atoms with Crippen molar-refractivity contribution in [3.8, 4) is 0 Å². The molecule has 0 fully saturated rings. The summed E-state index contributed by atoms with van der Waals surface area (Å²) < 4.78 is 0. The van der Waals surface area contributed by atoms with Gasteiger partial charge in [0.1, 0.15) is 0 Å². The van der Waals surface area contributed by atoms with Gasteiger partial charge in [-0.25, -0.2) is 0 Å². The zero-order valence-electron chi connectivity index (χ0n) is 5.31. The summed E-state index contributed by atoms with van der Waals surface area (Å²) in [6.07, 6.45) is -0.333. The van der Waals surface area contributed by atoms with Crippen LogP contribution in [0.15, 0.2) is 0 Å². The number of likely N-dealkylation sites (N-methyl/N-ethyl adjacent to an activating group) is 2. The van der Waals surface area contributed by atoms with Crippen molar-refractivity contribution in [2.45, 2.75) is 12.3 Å². The third kappa shape index (κ3) is 2.23. The summed E-state index contributed by atoms with van der Waals surface area (Å²) in [5.41, 5.74) is 10.9. The molecule has 0 rings (SSSR count). The van der Waals surface area contributed by atoms with E-state index < -0.39 is 0 Å². The van der Waals surface area contributed by atoms with Crippen molar-refractivity contribution in [2.75, 3.05) is 14.1 Å². The Morgan fingerprint density at radius 1 is 1.00 bits per heavy atom. The van der Waals surface area contributed by atoms with Gasteiger partial charge in [-0.2, -0.15) is 0 Å². The average Bonchev–Trinajstić information content (AvgIpc) is 1.84. The normalized spacial score (nSPS) is 18.0. The summed E-state index contributed by atoms with van der Waals surface area (Å²) in [7, 11) is 3.53. The molecule has 0 aromatic rings. The Hall–Kier alpha value is -0.160. The second-order valence-electron chi connectivity index (χ2n) is 1.63. The van der Waals surface area contributed by atoms with E-state index in [4.69, 9.17) is 11.5 Å². The van der Waals surface area contributed by atoms with Crippen LogP contribution in [0, 0.1) is 0 Å². The van der Waals surface area contributed by atoms with Crippen LogP contribution in [-0.4, -0.2) is 26.4 Å². The zero-order valence-corrected chi connectivity index (χ0v) is 5.31. The molecule has 0 bridgehead atoms. The fraction of sp³-hybridized carbons (Fsp3) is 1.00. The van der Waals surface area contributed by atoms with Crippen LogP contribution < -0.4 is 22.1 Å². The summed E-state index contributed by atoms with van der Waals surface area (Å²) in [5.74, 6) is 0. The van der Waals surface area contributed by atoms with Gasteiger partial charge < -0.3 is 22.1 Å². The van der Waals surface area contributed by atoms with E-state index in [0.717, 1.165) is 0 Å². The molecule has 2 atom stereocenters. The first-order valence-corrected chi connectivity index (χ1v) is 2.58. The SMILES string of the molecule is CNC(N)C(N)NC. The van der Waals surface area contributed by atoms with Gasteiger partial charge in [0.15, 0.2) is 0 Å². The zero-order chi connectivity index (χ0) is 6.57. The lowest BCUT2D eigenvalue weighted by atomic mass is 10.4. The third-order valence-corrected chi connectivity index (χ3v) is 1.05. The van der Waals surface area contributed by atoms with Gasteiger partial charge in [-0.15, -0.1) is 0 Å². The minimum atomic E-state index is -0.167. The Bertz CT molecular complexity index is 48.0. The van der Waals surface area contributed by atoms with Crippen molar-refractivity contribution < 1.29 is 0 Å². The Balaban J connectivity index is 3.29. The maximum atomic E-state index is 5.43. The first kappa shape index (κ1) is 7.84. The maximum Gasteiger partial charge on any atom is 0.0836 e. The average molecular weight is 118 g/mol. The van der Waals surface area contributed by atoms with Gasteiger partial charge in [0.2, 0.25) is 0 Å². The minimum Gasteiger partial charge on any atom is -0.313 e. The van der Waals surface area contributed by atoms with Crippen LogP contribution in [0.1, 0.15) is 0 Å². The molecular weight excluding hydrogens is 104 g/mol. The maximum absolute atomic E-state index is 5.43. The van der Waals surface area contributed by atoms with E-state index in [2.05, 4.69) is 10.6 Å². The lowest BCUT2D eigenvalue weighted by Crippen LogP contribution is -2.56. The first-order chi connectivity index (χ1) is 3.72. The first-order valence-electron chi connectivity index (χ1n) is 2.58. The highest BCUT2D eigenvalue weighted by atomic mass is 15.1. The molecule has 0 aromatic carbocycles. The molecule has 0 aliphatic carbocycles. The van der Waals surface area contributed by atoms with Crippen molar-refractivity contribution >= 4 is 0 Å². The van der Waals surface area contributed by atoms with E-state index >= 15 is 0 Å². The van der Waals surface area contributed by atoms with Gasteiger partial charge in [0, 0.05) is 0 Å². The van der Waals surface area contributed by atoms with Crippen molar-refractivity contribution in [1.82, 2.24) is 10.6 Å². The largest absolute Gasteiger partial charge is 0.313 e. The predicted molar refractivity (Wildman–Crippen MR) is 34.1 cm³/mol. The topological polar surface area (TPSA) is 76.1 Å². The van der Waals surface area contributed by atoms with Gasteiger partial charge in [-0.05, 0) is 14.1 Å². The molecular formula is C4H14N4. The van der Waals surface area contributed by atoms with Crippen LogP contribution in [0.3, 0.4) is 0 Å². The highest BCUT2D eigenvalue weighted by Crippen LogP contribution is 1.70. The summed E-state index contributed by atoms with van der Waals surface area (Å²) in [4.78, 5) is 0. The Morgan fingerprint density at radius 3 is 1.38 bits per heavy atom. The smallest absolute Gasteiger partial charge is 0.0836 e. The van der Waals surface area contributed by atoms with Crippen LogP contribution in [0.4, 0.5) is 0 Å². The summed E-state index contributed by atoms with van der Waals surface area (Å²) in [6, 6.07) is 0. The Morgan fingerprint density at radius 2 is 1.25 bits per heavy atom. The van der Waals surface area contributed by atoms with E-state index in [-0.39, 0.29) is 12.3 Å². The molecule has 0 radical (unpaired) electrons. The molecule has 0 spiro atoms. The molecule has 50 valence electrons. The third-order valence-electron chi connectivity index (χ3n) is 1.05. The van der Waals surface area contributed by atoms with Crippen LogP contribution >= 0.6 is 0 Å². The van der Waals surface area contributed by atoms with Gasteiger partial charge in [-0.3, -0.25) is 0 Å².